The van der Waals surface area contributed by atoms with Gasteiger partial charge in [-0.2, -0.15) is 0 Å². The van der Waals surface area contributed by atoms with Crippen molar-refractivity contribution in [3.8, 4) is 11.5 Å². The summed E-state index contributed by atoms with van der Waals surface area (Å²) in [6.07, 6.45) is 4.90. The standard InChI is InChI=1S/C16H21NO4S/c1-22(18,19)17-6-2-11(3-7-17)15-13-5-9-20-14(13)10-12-4-8-21-16(12)15/h10-11H,2-9H2,1H3. The van der Waals surface area contributed by atoms with Crippen LogP contribution in [0.2, 0.25) is 0 Å². The molecule has 0 aliphatic carbocycles. The van der Waals surface area contributed by atoms with Gasteiger partial charge in [0.1, 0.15) is 11.5 Å². The van der Waals surface area contributed by atoms with E-state index in [4.69, 9.17) is 9.47 Å². The van der Waals surface area contributed by atoms with Crippen molar-refractivity contribution >= 4 is 10.0 Å². The predicted molar refractivity (Wildman–Crippen MR) is 83.2 cm³/mol. The molecule has 3 aliphatic rings. The number of sulfonamides is 1. The summed E-state index contributed by atoms with van der Waals surface area (Å²) in [6, 6.07) is 2.14. The molecular formula is C16H21NO4S. The number of rotatable bonds is 2. The molecule has 0 radical (unpaired) electrons. The summed E-state index contributed by atoms with van der Waals surface area (Å²) in [5.74, 6) is 2.45. The Morgan fingerprint density at radius 1 is 1.14 bits per heavy atom. The van der Waals surface area contributed by atoms with E-state index in [1.54, 1.807) is 4.31 Å². The second-order valence-corrected chi connectivity index (χ2v) is 8.37. The first kappa shape index (κ1) is 14.3. The molecule has 4 rings (SSSR count). The molecule has 0 bridgehead atoms. The Labute approximate surface area is 131 Å². The quantitative estimate of drug-likeness (QED) is 0.831. The molecule has 1 fully saturated rings. The maximum atomic E-state index is 11.7. The number of piperidine rings is 1. The summed E-state index contributed by atoms with van der Waals surface area (Å²) < 4.78 is 36.6. The van der Waals surface area contributed by atoms with Crippen molar-refractivity contribution in [1.82, 2.24) is 4.31 Å². The molecule has 0 spiro atoms. The largest absolute Gasteiger partial charge is 0.493 e. The van der Waals surface area contributed by atoms with Gasteiger partial charge in [0, 0.05) is 42.6 Å². The molecule has 1 saturated heterocycles. The number of fused-ring (bicyclic) bond motifs is 2. The van der Waals surface area contributed by atoms with E-state index in [2.05, 4.69) is 6.07 Å². The van der Waals surface area contributed by atoms with Crippen LogP contribution in [0, 0.1) is 0 Å². The lowest BCUT2D eigenvalue weighted by Crippen LogP contribution is -2.37. The van der Waals surface area contributed by atoms with E-state index >= 15 is 0 Å². The average molecular weight is 323 g/mol. The maximum Gasteiger partial charge on any atom is 0.211 e. The number of benzene rings is 1. The minimum atomic E-state index is -3.08. The molecule has 0 aromatic heterocycles. The smallest absolute Gasteiger partial charge is 0.211 e. The zero-order valence-corrected chi connectivity index (χ0v) is 13.6. The van der Waals surface area contributed by atoms with E-state index in [0.717, 1.165) is 50.4 Å². The molecule has 3 heterocycles. The number of hydrogen-bond donors (Lipinski definition) is 0. The average Bonchev–Trinajstić information content (AvgIpc) is 3.12. The third-order valence-corrected chi connectivity index (χ3v) is 6.33. The normalized spacial score (nSPS) is 22.0. The summed E-state index contributed by atoms with van der Waals surface area (Å²) in [6.45, 7) is 2.69. The molecular weight excluding hydrogens is 302 g/mol. The summed E-state index contributed by atoms with van der Waals surface area (Å²) in [5, 5.41) is 0. The Morgan fingerprint density at radius 3 is 2.59 bits per heavy atom. The lowest BCUT2D eigenvalue weighted by Gasteiger charge is -2.32. The summed E-state index contributed by atoms with van der Waals surface area (Å²) in [7, 11) is -3.08. The molecule has 1 aromatic carbocycles. The van der Waals surface area contributed by atoms with E-state index in [9.17, 15) is 8.42 Å². The fourth-order valence-electron chi connectivity index (χ4n) is 3.93. The van der Waals surface area contributed by atoms with Gasteiger partial charge in [0.05, 0.1) is 19.5 Å². The van der Waals surface area contributed by atoms with Crippen molar-refractivity contribution in [2.45, 2.75) is 31.6 Å². The molecule has 120 valence electrons. The predicted octanol–water partition coefficient (Wildman–Crippen LogP) is 1.70. The molecule has 0 saturated carbocycles. The van der Waals surface area contributed by atoms with Gasteiger partial charge >= 0.3 is 0 Å². The third-order valence-electron chi connectivity index (χ3n) is 5.02. The number of ether oxygens (including phenoxy) is 2. The van der Waals surface area contributed by atoms with Crippen LogP contribution in [0.4, 0.5) is 0 Å². The van der Waals surface area contributed by atoms with Crippen LogP contribution in [-0.2, 0) is 22.9 Å². The molecule has 5 nitrogen and oxygen atoms in total. The van der Waals surface area contributed by atoms with Crippen LogP contribution >= 0.6 is 0 Å². The lowest BCUT2D eigenvalue weighted by atomic mass is 9.84. The van der Waals surface area contributed by atoms with Crippen molar-refractivity contribution < 1.29 is 17.9 Å². The Hall–Kier alpha value is -1.27. The van der Waals surface area contributed by atoms with Crippen LogP contribution in [0.15, 0.2) is 6.07 Å². The first-order valence-electron chi connectivity index (χ1n) is 7.93. The summed E-state index contributed by atoms with van der Waals surface area (Å²) in [4.78, 5) is 0. The number of nitrogens with zero attached hydrogens (tertiary/aromatic N) is 1. The van der Waals surface area contributed by atoms with Gasteiger partial charge in [0.25, 0.3) is 0 Å². The Bertz CT molecular complexity index is 673. The van der Waals surface area contributed by atoms with E-state index in [-0.39, 0.29) is 0 Å². The first-order chi connectivity index (χ1) is 10.5. The minimum Gasteiger partial charge on any atom is -0.493 e. The van der Waals surface area contributed by atoms with Gasteiger partial charge in [-0.05, 0) is 24.8 Å². The minimum absolute atomic E-state index is 0.376. The highest BCUT2D eigenvalue weighted by Gasteiger charge is 2.33. The van der Waals surface area contributed by atoms with E-state index < -0.39 is 10.0 Å². The van der Waals surface area contributed by atoms with Crippen LogP contribution in [-0.4, -0.2) is 45.3 Å². The Balaban J connectivity index is 1.67. The van der Waals surface area contributed by atoms with Gasteiger partial charge in [-0.1, -0.05) is 0 Å². The molecule has 0 unspecified atom stereocenters. The number of hydrogen-bond acceptors (Lipinski definition) is 4. The van der Waals surface area contributed by atoms with Crippen molar-refractivity contribution in [2.24, 2.45) is 0 Å². The topological polar surface area (TPSA) is 55.8 Å². The zero-order chi connectivity index (χ0) is 15.3. The van der Waals surface area contributed by atoms with Crippen molar-refractivity contribution in [3.05, 3.63) is 22.8 Å². The van der Waals surface area contributed by atoms with Crippen LogP contribution < -0.4 is 9.47 Å². The van der Waals surface area contributed by atoms with Gasteiger partial charge < -0.3 is 9.47 Å². The lowest BCUT2D eigenvalue weighted by molar-refractivity contribution is 0.309. The van der Waals surface area contributed by atoms with Crippen LogP contribution in [0.25, 0.3) is 0 Å². The van der Waals surface area contributed by atoms with Gasteiger partial charge in [-0.3, -0.25) is 0 Å². The SMILES string of the molecule is CS(=O)(=O)N1CCC(c2c3c(cc4c2OCC4)OCC3)CC1. The molecule has 1 aromatic rings. The molecule has 0 amide bonds. The molecule has 0 atom stereocenters. The second-order valence-electron chi connectivity index (χ2n) is 6.39. The summed E-state index contributed by atoms with van der Waals surface area (Å²) >= 11 is 0. The van der Waals surface area contributed by atoms with Crippen LogP contribution in [0.5, 0.6) is 11.5 Å². The van der Waals surface area contributed by atoms with Gasteiger partial charge in [-0.15, -0.1) is 0 Å². The van der Waals surface area contributed by atoms with Gasteiger partial charge in [0.2, 0.25) is 10.0 Å². The fourth-order valence-corrected chi connectivity index (χ4v) is 4.80. The van der Waals surface area contributed by atoms with E-state index in [0.29, 0.717) is 19.0 Å². The monoisotopic (exact) mass is 323 g/mol. The molecule has 22 heavy (non-hydrogen) atoms. The van der Waals surface area contributed by atoms with E-state index in [1.165, 1.54) is 22.9 Å². The Morgan fingerprint density at radius 2 is 1.86 bits per heavy atom. The molecule has 3 aliphatic heterocycles. The van der Waals surface area contributed by atoms with E-state index in [1.807, 2.05) is 0 Å². The second kappa shape index (κ2) is 5.13. The third kappa shape index (κ3) is 2.29. The van der Waals surface area contributed by atoms with Crippen LogP contribution in [0.3, 0.4) is 0 Å². The highest BCUT2D eigenvalue weighted by Crippen LogP contribution is 2.46. The van der Waals surface area contributed by atoms with Crippen molar-refractivity contribution in [1.29, 1.82) is 0 Å². The molecule has 0 N–H and O–H groups in total. The van der Waals surface area contributed by atoms with Crippen LogP contribution in [0.1, 0.15) is 35.4 Å². The first-order valence-corrected chi connectivity index (χ1v) is 9.78. The van der Waals surface area contributed by atoms with Crippen molar-refractivity contribution in [3.63, 3.8) is 0 Å². The highest BCUT2D eigenvalue weighted by molar-refractivity contribution is 7.88. The molecule has 6 heteroatoms. The van der Waals surface area contributed by atoms with Gasteiger partial charge in [0.15, 0.2) is 0 Å². The summed E-state index contributed by atoms with van der Waals surface area (Å²) in [5.41, 5.74) is 3.84. The Kier molecular flexibility index (Phi) is 3.34. The van der Waals surface area contributed by atoms with Crippen molar-refractivity contribution in [2.75, 3.05) is 32.6 Å². The zero-order valence-electron chi connectivity index (χ0n) is 12.8. The van der Waals surface area contributed by atoms with Gasteiger partial charge in [-0.25, -0.2) is 12.7 Å². The maximum absolute atomic E-state index is 11.7. The fraction of sp³-hybridized carbons (Fsp3) is 0.625. The highest BCUT2D eigenvalue weighted by atomic mass is 32.2.